The third-order valence-electron chi connectivity index (χ3n) is 4.20. The zero-order chi connectivity index (χ0) is 18.8. The molecular formula is C20H17FN2O3S. The average Bonchev–Trinajstić information content (AvgIpc) is 3.02. The fourth-order valence-corrected chi connectivity index (χ4v) is 3.78. The summed E-state index contributed by atoms with van der Waals surface area (Å²) in [4.78, 5) is 18.0. The molecule has 27 heavy (non-hydrogen) atoms. The van der Waals surface area contributed by atoms with Crippen LogP contribution in [0.25, 0.3) is 0 Å². The van der Waals surface area contributed by atoms with Crippen molar-refractivity contribution in [3.8, 4) is 11.5 Å². The molecule has 0 spiro atoms. The Morgan fingerprint density at radius 1 is 1.15 bits per heavy atom. The van der Waals surface area contributed by atoms with Gasteiger partial charge in [0.05, 0.1) is 5.69 Å². The molecule has 0 saturated carbocycles. The van der Waals surface area contributed by atoms with Gasteiger partial charge in [-0.25, -0.2) is 9.37 Å². The second-order valence-corrected chi connectivity index (χ2v) is 7.23. The summed E-state index contributed by atoms with van der Waals surface area (Å²) in [6, 6.07) is 11.5. The number of hydrogen-bond acceptors (Lipinski definition) is 5. The molecule has 1 N–H and O–H groups in total. The number of rotatable bonds is 4. The van der Waals surface area contributed by atoms with Crippen LogP contribution in [0.3, 0.4) is 0 Å². The highest BCUT2D eigenvalue weighted by molar-refractivity contribution is 7.15. The third-order valence-corrected chi connectivity index (χ3v) is 5.27. The van der Waals surface area contributed by atoms with Gasteiger partial charge in [0, 0.05) is 16.9 Å². The largest absolute Gasteiger partial charge is 0.486 e. The smallest absolute Gasteiger partial charge is 0.257 e. The highest BCUT2D eigenvalue weighted by Gasteiger charge is 2.17. The third kappa shape index (κ3) is 3.93. The van der Waals surface area contributed by atoms with Gasteiger partial charge in [0.2, 0.25) is 0 Å². The van der Waals surface area contributed by atoms with Gasteiger partial charge < -0.3 is 9.47 Å². The lowest BCUT2D eigenvalue weighted by Crippen LogP contribution is -2.17. The minimum atomic E-state index is -0.257. The van der Waals surface area contributed by atoms with E-state index < -0.39 is 0 Å². The number of hydrogen-bond donors (Lipinski definition) is 1. The zero-order valence-electron chi connectivity index (χ0n) is 14.6. The maximum Gasteiger partial charge on any atom is 0.257 e. The number of anilines is 1. The molecule has 1 amide bonds. The van der Waals surface area contributed by atoms with E-state index in [0.717, 1.165) is 16.1 Å². The predicted molar refractivity (Wildman–Crippen MR) is 101 cm³/mol. The number of amides is 1. The molecule has 2 heterocycles. The summed E-state index contributed by atoms with van der Waals surface area (Å²) in [5.41, 5.74) is 2.32. The number of aromatic nitrogens is 1. The van der Waals surface area contributed by atoms with E-state index in [-0.39, 0.29) is 11.7 Å². The van der Waals surface area contributed by atoms with E-state index in [1.54, 1.807) is 30.3 Å². The summed E-state index contributed by atoms with van der Waals surface area (Å²) in [6.07, 6.45) is 0.643. The van der Waals surface area contributed by atoms with Gasteiger partial charge in [-0.15, -0.1) is 11.3 Å². The van der Waals surface area contributed by atoms with E-state index in [9.17, 15) is 9.18 Å². The van der Waals surface area contributed by atoms with Crippen LogP contribution in [0.1, 0.15) is 26.5 Å². The number of benzene rings is 2. The van der Waals surface area contributed by atoms with Crippen LogP contribution >= 0.6 is 11.3 Å². The molecule has 0 unspecified atom stereocenters. The van der Waals surface area contributed by atoms with E-state index in [1.165, 1.54) is 23.5 Å². The van der Waals surface area contributed by atoms with Crippen molar-refractivity contribution in [3.63, 3.8) is 0 Å². The summed E-state index contributed by atoms with van der Waals surface area (Å²) < 4.78 is 24.0. The number of aryl methyl sites for hydroxylation is 1. The fraction of sp³-hybridized carbons (Fsp3) is 0.200. The molecule has 1 aromatic heterocycles. The van der Waals surface area contributed by atoms with E-state index in [1.807, 2.05) is 6.92 Å². The molecule has 5 nitrogen and oxygen atoms in total. The molecule has 4 rings (SSSR count). The van der Waals surface area contributed by atoms with E-state index >= 15 is 0 Å². The minimum Gasteiger partial charge on any atom is -0.486 e. The molecule has 0 bridgehead atoms. The second kappa shape index (κ2) is 7.36. The molecule has 2 aromatic carbocycles. The minimum absolute atomic E-state index is 0.256. The zero-order valence-corrected chi connectivity index (χ0v) is 15.4. The van der Waals surface area contributed by atoms with Gasteiger partial charge in [-0.2, -0.15) is 0 Å². The number of nitrogens with one attached hydrogen (secondary N) is 1. The van der Waals surface area contributed by atoms with Gasteiger partial charge in [0.1, 0.15) is 19.0 Å². The Kier molecular flexibility index (Phi) is 4.77. The maximum atomic E-state index is 13.0. The van der Waals surface area contributed by atoms with Crippen LogP contribution in [0.2, 0.25) is 0 Å². The number of ether oxygens (including phenoxy) is 2. The van der Waals surface area contributed by atoms with Crippen LogP contribution in [0, 0.1) is 12.7 Å². The summed E-state index contributed by atoms with van der Waals surface area (Å²) in [5.74, 6) is 0.701. The van der Waals surface area contributed by atoms with Crippen molar-refractivity contribution in [3.05, 3.63) is 70.0 Å². The van der Waals surface area contributed by atoms with Gasteiger partial charge in [-0.1, -0.05) is 12.1 Å². The molecule has 1 aliphatic rings. The fourth-order valence-electron chi connectivity index (χ4n) is 2.79. The van der Waals surface area contributed by atoms with Crippen LogP contribution in [-0.2, 0) is 6.42 Å². The van der Waals surface area contributed by atoms with Crippen molar-refractivity contribution in [1.82, 2.24) is 4.98 Å². The van der Waals surface area contributed by atoms with Crippen molar-refractivity contribution in [1.29, 1.82) is 0 Å². The van der Waals surface area contributed by atoms with Gasteiger partial charge in [-0.3, -0.25) is 10.1 Å². The number of carbonyl (C=O) groups excluding carboxylic acids is 1. The van der Waals surface area contributed by atoms with Gasteiger partial charge in [-0.05, 0) is 42.8 Å². The van der Waals surface area contributed by atoms with Crippen molar-refractivity contribution >= 4 is 22.4 Å². The molecule has 0 aliphatic carbocycles. The van der Waals surface area contributed by atoms with Crippen LogP contribution in [0.15, 0.2) is 42.5 Å². The van der Waals surface area contributed by atoms with E-state index in [4.69, 9.17) is 9.47 Å². The lowest BCUT2D eigenvalue weighted by atomic mass is 10.1. The second-order valence-electron chi connectivity index (χ2n) is 6.14. The summed E-state index contributed by atoms with van der Waals surface area (Å²) in [7, 11) is 0. The quantitative estimate of drug-likeness (QED) is 0.732. The van der Waals surface area contributed by atoms with Gasteiger partial charge in [0.25, 0.3) is 5.91 Å². The lowest BCUT2D eigenvalue weighted by molar-refractivity contribution is 0.102. The first-order valence-corrected chi connectivity index (χ1v) is 9.32. The van der Waals surface area contributed by atoms with Gasteiger partial charge >= 0.3 is 0 Å². The summed E-state index contributed by atoms with van der Waals surface area (Å²) in [6.45, 7) is 2.87. The summed E-state index contributed by atoms with van der Waals surface area (Å²) >= 11 is 1.42. The van der Waals surface area contributed by atoms with Crippen molar-refractivity contribution < 1.29 is 18.7 Å². The Morgan fingerprint density at radius 2 is 1.89 bits per heavy atom. The van der Waals surface area contributed by atoms with Crippen molar-refractivity contribution in [2.75, 3.05) is 18.5 Å². The highest BCUT2D eigenvalue weighted by atomic mass is 32.1. The SMILES string of the molecule is Cc1nc(NC(=O)c2ccc3c(c2)OCCO3)sc1Cc1ccc(F)cc1. The number of nitrogens with zero attached hydrogens (tertiary/aromatic N) is 1. The molecule has 0 saturated heterocycles. The highest BCUT2D eigenvalue weighted by Crippen LogP contribution is 2.31. The molecule has 0 radical (unpaired) electrons. The number of carbonyl (C=O) groups is 1. The Bertz CT molecular complexity index is 985. The number of thiazole rings is 1. The normalized spacial score (nSPS) is 12.7. The first-order valence-electron chi connectivity index (χ1n) is 8.50. The Morgan fingerprint density at radius 3 is 2.67 bits per heavy atom. The molecule has 7 heteroatoms. The van der Waals surface area contributed by atoms with E-state index in [2.05, 4.69) is 10.3 Å². The maximum absolute atomic E-state index is 13.0. The topological polar surface area (TPSA) is 60.5 Å². The molecule has 0 fully saturated rings. The molecule has 3 aromatic rings. The lowest BCUT2D eigenvalue weighted by Gasteiger charge is -2.18. The Labute approximate surface area is 159 Å². The number of halogens is 1. The monoisotopic (exact) mass is 384 g/mol. The molecule has 1 aliphatic heterocycles. The Balaban J connectivity index is 1.48. The molecule has 0 atom stereocenters. The first-order chi connectivity index (χ1) is 13.1. The Hall–Kier alpha value is -2.93. The first kappa shape index (κ1) is 17.5. The predicted octanol–water partition coefficient (Wildman–Crippen LogP) is 4.20. The molecular weight excluding hydrogens is 367 g/mol. The van der Waals surface area contributed by atoms with Crippen molar-refractivity contribution in [2.45, 2.75) is 13.3 Å². The van der Waals surface area contributed by atoms with Crippen LogP contribution < -0.4 is 14.8 Å². The van der Waals surface area contributed by atoms with Crippen LogP contribution in [-0.4, -0.2) is 24.1 Å². The van der Waals surface area contributed by atoms with Crippen LogP contribution in [0.4, 0.5) is 9.52 Å². The van der Waals surface area contributed by atoms with E-state index in [0.29, 0.717) is 41.8 Å². The summed E-state index contributed by atoms with van der Waals surface area (Å²) in [5, 5.41) is 3.37. The molecule has 138 valence electrons. The van der Waals surface area contributed by atoms with Gasteiger partial charge in [0.15, 0.2) is 16.6 Å². The number of fused-ring (bicyclic) bond motifs is 1. The standard InChI is InChI=1S/C20H17FN2O3S/c1-12-18(10-13-2-5-15(21)6-3-13)27-20(22-12)23-19(24)14-4-7-16-17(11-14)26-9-8-25-16/h2-7,11H,8-10H2,1H3,(H,22,23,24). The van der Waals surface area contributed by atoms with Crippen LogP contribution in [0.5, 0.6) is 11.5 Å². The van der Waals surface area contributed by atoms with Crippen molar-refractivity contribution in [2.24, 2.45) is 0 Å². The average molecular weight is 384 g/mol.